The molecule has 0 heterocycles. The minimum atomic E-state index is -3.18. The highest BCUT2D eigenvalue weighted by Crippen LogP contribution is 1.98. The zero-order valence-electron chi connectivity index (χ0n) is 12.9. The lowest BCUT2D eigenvalue weighted by molar-refractivity contribution is 0.300. The molecule has 19 heavy (non-hydrogen) atoms. The molecule has 1 atom stereocenters. The number of hydrogen-bond acceptors (Lipinski definition) is 4. The summed E-state index contributed by atoms with van der Waals surface area (Å²) < 4.78 is 26.6. The first-order valence-corrected chi connectivity index (χ1v) is 8.94. The van der Waals surface area contributed by atoms with Gasteiger partial charge in [-0.2, -0.15) is 0 Å². The molecular formula is C13H31N3O2S. The summed E-state index contributed by atoms with van der Waals surface area (Å²) >= 11 is 0. The van der Waals surface area contributed by atoms with Crippen LogP contribution < -0.4 is 10.0 Å². The summed E-state index contributed by atoms with van der Waals surface area (Å²) in [4.78, 5) is 2.29. The van der Waals surface area contributed by atoms with Crippen LogP contribution in [0.5, 0.6) is 0 Å². The van der Waals surface area contributed by atoms with Crippen LogP contribution in [-0.4, -0.2) is 57.8 Å². The van der Waals surface area contributed by atoms with Crippen molar-refractivity contribution < 1.29 is 8.42 Å². The molecule has 0 radical (unpaired) electrons. The predicted octanol–water partition coefficient (Wildman–Crippen LogP) is 1.03. The second-order valence-electron chi connectivity index (χ2n) is 4.83. The van der Waals surface area contributed by atoms with E-state index in [9.17, 15) is 8.42 Å². The molecule has 6 heteroatoms. The molecular weight excluding hydrogens is 262 g/mol. The molecule has 0 rings (SSSR count). The van der Waals surface area contributed by atoms with Crippen molar-refractivity contribution in [1.82, 2.24) is 14.9 Å². The van der Waals surface area contributed by atoms with E-state index in [1.54, 1.807) is 6.92 Å². The summed E-state index contributed by atoms with van der Waals surface area (Å²) in [6.45, 7) is 12.9. The van der Waals surface area contributed by atoms with Gasteiger partial charge in [0.25, 0.3) is 0 Å². The van der Waals surface area contributed by atoms with Crippen molar-refractivity contribution in [3.63, 3.8) is 0 Å². The van der Waals surface area contributed by atoms with Crippen molar-refractivity contribution in [2.45, 2.75) is 45.8 Å². The molecule has 1 unspecified atom stereocenters. The molecule has 116 valence electrons. The topological polar surface area (TPSA) is 61.4 Å². The molecule has 0 fully saturated rings. The van der Waals surface area contributed by atoms with Gasteiger partial charge in [0.2, 0.25) is 10.0 Å². The number of hydrogen-bond donors (Lipinski definition) is 2. The van der Waals surface area contributed by atoms with Gasteiger partial charge in [-0.05, 0) is 45.9 Å². The fourth-order valence-electron chi connectivity index (χ4n) is 1.79. The van der Waals surface area contributed by atoms with E-state index in [2.05, 4.69) is 35.7 Å². The third kappa shape index (κ3) is 8.57. The first-order chi connectivity index (χ1) is 8.97. The number of nitrogens with zero attached hydrogens (tertiary/aromatic N) is 1. The Labute approximate surface area is 119 Å². The SMILES string of the molecule is CCCNCC(C)S(=O)(=O)NCCCN(CC)CC. The monoisotopic (exact) mass is 293 g/mol. The van der Waals surface area contributed by atoms with E-state index < -0.39 is 10.0 Å². The maximum Gasteiger partial charge on any atom is 0.215 e. The summed E-state index contributed by atoms with van der Waals surface area (Å²) in [5, 5.41) is 2.76. The largest absolute Gasteiger partial charge is 0.315 e. The van der Waals surface area contributed by atoms with E-state index in [-0.39, 0.29) is 5.25 Å². The fraction of sp³-hybridized carbons (Fsp3) is 1.00. The van der Waals surface area contributed by atoms with E-state index >= 15 is 0 Å². The van der Waals surface area contributed by atoms with E-state index in [0.29, 0.717) is 13.1 Å². The first-order valence-electron chi connectivity index (χ1n) is 7.39. The highest BCUT2D eigenvalue weighted by Gasteiger charge is 2.19. The van der Waals surface area contributed by atoms with E-state index in [1.807, 2.05) is 0 Å². The van der Waals surface area contributed by atoms with Gasteiger partial charge in [0.05, 0.1) is 5.25 Å². The summed E-state index contributed by atoms with van der Waals surface area (Å²) in [7, 11) is -3.18. The second-order valence-corrected chi connectivity index (χ2v) is 7.02. The van der Waals surface area contributed by atoms with E-state index in [4.69, 9.17) is 0 Å². The van der Waals surface area contributed by atoms with Crippen molar-refractivity contribution in [2.24, 2.45) is 0 Å². The molecule has 0 aromatic heterocycles. The van der Waals surface area contributed by atoms with Gasteiger partial charge in [-0.3, -0.25) is 0 Å². The van der Waals surface area contributed by atoms with Crippen LogP contribution in [0.3, 0.4) is 0 Å². The minimum absolute atomic E-state index is 0.382. The van der Waals surface area contributed by atoms with Crippen LogP contribution in [0.4, 0.5) is 0 Å². The van der Waals surface area contributed by atoms with E-state index in [0.717, 1.165) is 39.0 Å². The quantitative estimate of drug-likeness (QED) is 0.528. The van der Waals surface area contributed by atoms with Crippen LogP contribution in [-0.2, 0) is 10.0 Å². The molecule has 0 aliphatic heterocycles. The predicted molar refractivity (Wildman–Crippen MR) is 82.0 cm³/mol. The summed E-state index contributed by atoms with van der Waals surface area (Å²) in [6, 6.07) is 0. The first kappa shape index (κ1) is 18.8. The van der Waals surface area contributed by atoms with Gasteiger partial charge < -0.3 is 10.2 Å². The van der Waals surface area contributed by atoms with Crippen molar-refractivity contribution in [2.75, 3.05) is 39.3 Å². The van der Waals surface area contributed by atoms with Gasteiger partial charge in [-0.1, -0.05) is 20.8 Å². The minimum Gasteiger partial charge on any atom is -0.315 e. The Morgan fingerprint density at radius 3 is 2.26 bits per heavy atom. The Morgan fingerprint density at radius 2 is 1.74 bits per heavy atom. The lowest BCUT2D eigenvalue weighted by atomic mass is 10.4. The summed E-state index contributed by atoms with van der Waals surface area (Å²) in [5.74, 6) is 0. The van der Waals surface area contributed by atoms with Crippen molar-refractivity contribution >= 4 is 10.0 Å². The second kappa shape index (κ2) is 10.6. The molecule has 0 saturated heterocycles. The lowest BCUT2D eigenvalue weighted by Gasteiger charge is -2.18. The maximum atomic E-state index is 11.9. The molecule has 5 nitrogen and oxygen atoms in total. The van der Waals surface area contributed by atoms with Crippen molar-refractivity contribution in [3.05, 3.63) is 0 Å². The smallest absolute Gasteiger partial charge is 0.215 e. The fourth-order valence-corrected chi connectivity index (χ4v) is 2.84. The number of rotatable bonds is 12. The molecule has 0 saturated carbocycles. The highest BCUT2D eigenvalue weighted by molar-refractivity contribution is 7.90. The Balaban J connectivity index is 3.89. The zero-order valence-corrected chi connectivity index (χ0v) is 13.7. The Hall–Kier alpha value is -0.170. The molecule has 0 aromatic rings. The molecule has 2 N–H and O–H groups in total. The van der Waals surface area contributed by atoms with Gasteiger partial charge in [-0.25, -0.2) is 13.1 Å². The highest BCUT2D eigenvalue weighted by atomic mass is 32.2. The van der Waals surface area contributed by atoms with Gasteiger partial charge in [-0.15, -0.1) is 0 Å². The average molecular weight is 293 g/mol. The van der Waals surface area contributed by atoms with Crippen LogP contribution in [0.25, 0.3) is 0 Å². The van der Waals surface area contributed by atoms with Crippen LogP contribution in [0.2, 0.25) is 0 Å². The molecule has 0 bridgehead atoms. The van der Waals surface area contributed by atoms with Crippen molar-refractivity contribution in [1.29, 1.82) is 0 Å². The third-order valence-electron chi connectivity index (χ3n) is 3.24. The van der Waals surface area contributed by atoms with Gasteiger partial charge >= 0.3 is 0 Å². The molecule has 0 aliphatic carbocycles. The summed E-state index contributed by atoms with van der Waals surface area (Å²) in [6.07, 6.45) is 1.88. The normalized spacial score (nSPS) is 13.9. The molecule has 0 aliphatic rings. The van der Waals surface area contributed by atoms with Gasteiger partial charge in [0.1, 0.15) is 0 Å². The van der Waals surface area contributed by atoms with Crippen LogP contribution in [0.1, 0.15) is 40.5 Å². The number of nitrogens with one attached hydrogen (secondary N) is 2. The Morgan fingerprint density at radius 1 is 1.11 bits per heavy atom. The van der Waals surface area contributed by atoms with Crippen LogP contribution in [0.15, 0.2) is 0 Å². The van der Waals surface area contributed by atoms with Gasteiger partial charge in [0, 0.05) is 13.1 Å². The zero-order chi connectivity index (χ0) is 14.7. The summed E-state index contributed by atoms with van der Waals surface area (Å²) in [5.41, 5.74) is 0. The Bertz CT molecular complexity index is 303. The molecule has 0 amide bonds. The molecule has 0 aromatic carbocycles. The molecule has 0 spiro atoms. The standard InChI is InChI=1S/C13H31N3O2S/c1-5-9-14-12-13(4)19(17,18)15-10-8-11-16(6-2)7-3/h13-15H,5-12H2,1-4H3. The number of sulfonamides is 1. The lowest BCUT2D eigenvalue weighted by Crippen LogP contribution is -2.40. The third-order valence-corrected chi connectivity index (χ3v) is 5.07. The van der Waals surface area contributed by atoms with Gasteiger partial charge in [0.15, 0.2) is 0 Å². The van der Waals surface area contributed by atoms with Crippen molar-refractivity contribution in [3.8, 4) is 0 Å². The average Bonchev–Trinajstić information content (AvgIpc) is 2.39. The van der Waals surface area contributed by atoms with Crippen LogP contribution >= 0.6 is 0 Å². The van der Waals surface area contributed by atoms with E-state index in [1.165, 1.54) is 0 Å². The Kier molecular flexibility index (Phi) is 10.5. The van der Waals surface area contributed by atoms with Crippen LogP contribution in [0, 0.1) is 0 Å². The maximum absolute atomic E-state index is 11.9.